The van der Waals surface area contributed by atoms with Crippen LogP contribution in [-0.2, 0) is 14.3 Å². The van der Waals surface area contributed by atoms with Crippen molar-refractivity contribution in [2.24, 2.45) is 5.92 Å². The first-order valence-electron chi connectivity index (χ1n) is 8.41. The molecule has 1 aliphatic heterocycles. The molecule has 1 N–H and O–H groups in total. The van der Waals surface area contributed by atoms with Crippen molar-refractivity contribution in [1.29, 1.82) is 10.5 Å². The number of thioether (sulfide) groups is 1. The van der Waals surface area contributed by atoms with E-state index in [9.17, 15) is 20.1 Å². The Hall–Kier alpha value is -2.48. The lowest BCUT2D eigenvalue weighted by Crippen LogP contribution is -2.39. The zero-order valence-corrected chi connectivity index (χ0v) is 16.3. The van der Waals surface area contributed by atoms with Crippen molar-refractivity contribution < 1.29 is 14.3 Å². The standard InChI is InChI=1S/C19H18ClN3O3S/c1-2-3-8-26-16(24)11-27-19-14(10-22)17(13(9-21)18(25)23-19)12-6-4-5-7-15(12)20/h4-7,13,17H,2-3,8,11H2,1H3,(H,23,25). The number of unbranched alkanes of at least 4 members (excludes halogenated alkanes) is 1. The summed E-state index contributed by atoms with van der Waals surface area (Å²) in [5, 5.41) is 22.3. The van der Waals surface area contributed by atoms with Gasteiger partial charge in [0, 0.05) is 10.9 Å². The number of carbonyl (C=O) groups is 2. The lowest BCUT2D eigenvalue weighted by Gasteiger charge is -2.29. The Morgan fingerprint density at radius 3 is 2.74 bits per heavy atom. The lowest BCUT2D eigenvalue weighted by atomic mass is 9.79. The van der Waals surface area contributed by atoms with Crippen molar-refractivity contribution in [3.8, 4) is 12.1 Å². The highest BCUT2D eigenvalue weighted by molar-refractivity contribution is 8.03. The van der Waals surface area contributed by atoms with Gasteiger partial charge in [-0.3, -0.25) is 9.59 Å². The fraction of sp³-hybridized carbons (Fsp3) is 0.368. The van der Waals surface area contributed by atoms with Gasteiger partial charge in [-0.1, -0.05) is 54.9 Å². The maximum Gasteiger partial charge on any atom is 0.316 e. The highest BCUT2D eigenvalue weighted by Crippen LogP contribution is 2.41. The van der Waals surface area contributed by atoms with Crippen molar-refractivity contribution in [2.45, 2.75) is 25.7 Å². The van der Waals surface area contributed by atoms with Crippen LogP contribution in [0.2, 0.25) is 5.02 Å². The molecule has 0 saturated carbocycles. The molecule has 1 amide bonds. The first kappa shape index (κ1) is 20.8. The van der Waals surface area contributed by atoms with Crippen LogP contribution >= 0.6 is 23.4 Å². The summed E-state index contributed by atoms with van der Waals surface area (Å²) in [6, 6.07) is 10.8. The third-order valence-corrected chi connectivity index (χ3v) is 5.34. The van der Waals surface area contributed by atoms with Gasteiger partial charge in [0.15, 0.2) is 0 Å². The highest BCUT2D eigenvalue weighted by atomic mass is 35.5. The van der Waals surface area contributed by atoms with Gasteiger partial charge in [-0.25, -0.2) is 0 Å². The normalized spacial score (nSPS) is 19.0. The smallest absolute Gasteiger partial charge is 0.316 e. The molecule has 0 aromatic heterocycles. The third-order valence-electron chi connectivity index (χ3n) is 4.00. The molecule has 1 heterocycles. The zero-order valence-electron chi connectivity index (χ0n) is 14.7. The summed E-state index contributed by atoms with van der Waals surface area (Å²) < 4.78 is 5.09. The molecule has 2 rings (SSSR count). The first-order valence-corrected chi connectivity index (χ1v) is 9.77. The Labute approximate surface area is 167 Å². The number of hydrogen-bond donors (Lipinski definition) is 1. The Bertz CT molecular complexity index is 841. The van der Waals surface area contributed by atoms with Crippen LogP contribution in [0.3, 0.4) is 0 Å². The van der Waals surface area contributed by atoms with E-state index in [-0.39, 0.29) is 16.4 Å². The first-order chi connectivity index (χ1) is 13.0. The van der Waals surface area contributed by atoms with Crippen LogP contribution in [-0.4, -0.2) is 24.2 Å². The second-order valence-corrected chi connectivity index (χ2v) is 7.21. The van der Waals surface area contributed by atoms with Crippen LogP contribution < -0.4 is 5.32 Å². The van der Waals surface area contributed by atoms with E-state index in [1.807, 2.05) is 13.0 Å². The monoisotopic (exact) mass is 403 g/mol. The summed E-state index contributed by atoms with van der Waals surface area (Å²) in [5.74, 6) is -2.87. The summed E-state index contributed by atoms with van der Waals surface area (Å²) in [4.78, 5) is 24.2. The minimum atomic E-state index is -1.08. The molecule has 0 saturated heterocycles. The number of allylic oxidation sites excluding steroid dienone is 1. The Balaban J connectivity index is 2.31. The van der Waals surface area contributed by atoms with Crippen LogP contribution in [0.25, 0.3) is 0 Å². The fourth-order valence-corrected chi connectivity index (χ4v) is 3.75. The predicted molar refractivity (Wildman–Crippen MR) is 102 cm³/mol. The van der Waals surface area contributed by atoms with E-state index < -0.39 is 23.7 Å². The predicted octanol–water partition coefficient (Wildman–Crippen LogP) is 3.50. The number of halogens is 1. The van der Waals surface area contributed by atoms with Gasteiger partial charge in [0.2, 0.25) is 5.91 Å². The van der Waals surface area contributed by atoms with Gasteiger partial charge < -0.3 is 10.1 Å². The van der Waals surface area contributed by atoms with E-state index in [1.165, 1.54) is 0 Å². The van der Waals surface area contributed by atoms with Gasteiger partial charge in [-0.2, -0.15) is 10.5 Å². The van der Waals surface area contributed by atoms with Crippen LogP contribution in [0.5, 0.6) is 0 Å². The number of rotatable bonds is 7. The van der Waals surface area contributed by atoms with Gasteiger partial charge in [0.1, 0.15) is 5.92 Å². The third kappa shape index (κ3) is 5.03. The number of carbonyl (C=O) groups excluding carboxylic acids is 2. The van der Waals surface area contributed by atoms with Crippen LogP contribution in [0, 0.1) is 28.6 Å². The molecule has 6 nitrogen and oxygen atoms in total. The molecular formula is C19H18ClN3O3S. The van der Waals surface area contributed by atoms with Crippen molar-refractivity contribution in [3.63, 3.8) is 0 Å². The molecule has 1 aromatic carbocycles. The van der Waals surface area contributed by atoms with E-state index in [0.717, 1.165) is 24.6 Å². The fourth-order valence-electron chi connectivity index (χ4n) is 2.65. The van der Waals surface area contributed by atoms with Gasteiger partial charge in [-0.15, -0.1) is 0 Å². The summed E-state index contributed by atoms with van der Waals surface area (Å²) in [6.07, 6.45) is 1.69. The minimum absolute atomic E-state index is 0.0447. The molecule has 8 heteroatoms. The Morgan fingerprint density at radius 2 is 2.11 bits per heavy atom. The molecule has 27 heavy (non-hydrogen) atoms. The molecule has 0 bridgehead atoms. The largest absolute Gasteiger partial charge is 0.465 e. The second-order valence-electron chi connectivity index (χ2n) is 5.81. The molecule has 0 spiro atoms. The molecule has 2 atom stereocenters. The van der Waals surface area contributed by atoms with Gasteiger partial charge in [-0.05, 0) is 18.1 Å². The average molecular weight is 404 g/mol. The molecule has 140 valence electrons. The number of benzene rings is 1. The molecule has 0 fully saturated rings. The van der Waals surface area contributed by atoms with Crippen LogP contribution in [0.1, 0.15) is 31.2 Å². The lowest BCUT2D eigenvalue weighted by molar-refractivity contribution is -0.140. The van der Waals surface area contributed by atoms with Crippen LogP contribution in [0.4, 0.5) is 0 Å². The molecule has 1 aliphatic rings. The van der Waals surface area contributed by atoms with E-state index in [2.05, 4.69) is 11.4 Å². The second kappa shape index (κ2) is 10.0. The number of ether oxygens (including phenoxy) is 1. The minimum Gasteiger partial charge on any atom is -0.465 e. The Morgan fingerprint density at radius 1 is 1.37 bits per heavy atom. The molecule has 2 unspecified atom stereocenters. The summed E-state index contributed by atoms with van der Waals surface area (Å²) >= 11 is 7.26. The number of nitrogens with one attached hydrogen (secondary N) is 1. The van der Waals surface area contributed by atoms with Crippen molar-refractivity contribution >= 4 is 35.2 Å². The number of nitriles is 2. The average Bonchev–Trinajstić information content (AvgIpc) is 2.66. The number of amides is 1. The molecular weight excluding hydrogens is 386 g/mol. The van der Waals surface area contributed by atoms with E-state index in [0.29, 0.717) is 17.2 Å². The zero-order chi connectivity index (χ0) is 19.8. The topological polar surface area (TPSA) is 103 Å². The summed E-state index contributed by atoms with van der Waals surface area (Å²) in [7, 11) is 0. The number of esters is 1. The Kier molecular flexibility index (Phi) is 7.72. The van der Waals surface area contributed by atoms with E-state index in [4.69, 9.17) is 16.3 Å². The van der Waals surface area contributed by atoms with Crippen molar-refractivity contribution in [1.82, 2.24) is 5.32 Å². The van der Waals surface area contributed by atoms with E-state index in [1.54, 1.807) is 24.3 Å². The summed E-state index contributed by atoms with van der Waals surface area (Å²) in [6.45, 7) is 2.33. The maximum atomic E-state index is 12.4. The number of nitrogens with zero attached hydrogens (tertiary/aromatic N) is 2. The van der Waals surface area contributed by atoms with Gasteiger partial charge >= 0.3 is 5.97 Å². The quantitative estimate of drug-likeness (QED) is 0.552. The summed E-state index contributed by atoms with van der Waals surface area (Å²) in [5.41, 5.74) is 0.737. The number of hydrogen-bond acceptors (Lipinski definition) is 6. The molecule has 1 aromatic rings. The van der Waals surface area contributed by atoms with Gasteiger partial charge in [0.05, 0.1) is 35.1 Å². The van der Waals surface area contributed by atoms with E-state index >= 15 is 0 Å². The molecule has 0 aliphatic carbocycles. The maximum absolute atomic E-state index is 12.4. The van der Waals surface area contributed by atoms with Crippen molar-refractivity contribution in [2.75, 3.05) is 12.4 Å². The highest BCUT2D eigenvalue weighted by Gasteiger charge is 2.40. The molecule has 0 radical (unpaired) electrons. The van der Waals surface area contributed by atoms with Gasteiger partial charge in [0.25, 0.3) is 0 Å². The van der Waals surface area contributed by atoms with Crippen LogP contribution in [0.15, 0.2) is 34.9 Å². The SMILES string of the molecule is CCCCOC(=O)CSC1=C(C#N)C(c2ccccc2Cl)C(C#N)C(=O)N1. The van der Waals surface area contributed by atoms with Crippen molar-refractivity contribution in [3.05, 3.63) is 45.5 Å².